The van der Waals surface area contributed by atoms with Gasteiger partial charge in [-0.25, -0.2) is 4.39 Å². The van der Waals surface area contributed by atoms with Crippen LogP contribution in [0.4, 0.5) is 4.39 Å². The molecule has 0 spiro atoms. The monoisotopic (exact) mass is 291 g/mol. The minimum absolute atomic E-state index is 0.0323. The molecule has 0 saturated heterocycles. The van der Waals surface area contributed by atoms with E-state index < -0.39 is 0 Å². The van der Waals surface area contributed by atoms with Crippen molar-refractivity contribution in [3.63, 3.8) is 0 Å². The molecule has 0 fully saturated rings. The van der Waals surface area contributed by atoms with E-state index in [1.165, 1.54) is 6.07 Å². The van der Waals surface area contributed by atoms with E-state index >= 15 is 0 Å². The quantitative estimate of drug-likeness (QED) is 0.896. The Labute approximate surface area is 125 Å². The number of para-hydroxylation sites is 1. The van der Waals surface area contributed by atoms with Gasteiger partial charge in [0.15, 0.2) is 11.6 Å². The highest BCUT2D eigenvalue weighted by molar-refractivity contribution is 5.25. The van der Waals surface area contributed by atoms with Gasteiger partial charge in [-0.2, -0.15) is 0 Å². The van der Waals surface area contributed by atoms with Crippen LogP contribution < -0.4 is 10.1 Å². The highest BCUT2D eigenvalue weighted by Gasteiger charge is 2.13. The van der Waals surface area contributed by atoms with E-state index in [0.717, 1.165) is 17.1 Å². The van der Waals surface area contributed by atoms with Crippen LogP contribution in [0.2, 0.25) is 0 Å². The van der Waals surface area contributed by atoms with Crippen LogP contribution in [0.25, 0.3) is 0 Å². The van der Waals surface area contributed by atoms with E-state index in [1.807, 2.05) is 13.0 Å². The third-order valence-corrected chi connectivity index (χ3v) is 3.08. The molecule has 3 nitrogen and oxygen atoms in total. The van der Waals surface area contributed by atoms with Gasteiger partial charge >= 0.3 is 0 Å². The lowest BCUT2D eigenvalue weighted by molar-refractivity contribution is 0.287. The normalized spacial score (nSPS) is 11.7. The van der Waals surface area contributed by atoms with Gasteiger partial charge in [0.05, 0.1) is 6.54 Å². The molecule has 2 aromatic rings. The molecule has 1 N–H and O–H groups in total. The lowest BCUT2D eigenvalue weighted by Gasteiger charge is -2.19. The summed E-state index contributed by atoms with van der Waals surface area (Å²) in [5.41, 5.74) is 0.966. The number of rotatable bonds is 5. The second-order valence-electron chi connectivity index (χ2n) is 6.12. The van der Waals surface area contributed by atoms with Gasteiger partial charge in [-0.15, -0.1) is 0 Å². The lowest BCUT2D eigenvalue weighted by atomic mass is 10.1. The summed E-state index contributed by atoms with van der Waals surface area (Å²) in [4.78, 5) is 0. The topological polar surface area (TPSA) is 34.4 Å². The Bertz CT molecular complexity index is 599. The van der Waals surface area contributed by atoms with Crippen molar-refractivity contribution in [2.45, 2.75) is 46.4 Å². The molecule has 0 aliphatic carbocycles. The van der Waals surface area contributed by atoms with Gasteiger partial charge in [0.25, 0.3) is 0 Å². The van der Waals surface area contributed by atoms with Crippen LogP contribution in [0.5, 0.6) is 5.75 Å². The largest absolute Gasteiger partial charge is 0.486 e. The molecule has 0 bridgehead atoms. The molecule has 0 saturated carbocycles. The van der Waals surface area contributed by atoms with Gasteiger partial charge in [0.1, 0.15) is 18.1 Å². The Balaban J connectivity index is 1.98. The van der Waals surface area contributed by atoms with Crippen LogP contribution in [-0.2, 0) is 13.2 Å². The fourth-order valence-electron chi connectivity index (χ4n) is 1.89. The molecule has 1 heterocycles. The third kappa shape index (κ3) is 4.60. The van der Waals surface area contributed by atoms with Crippen molar-refractivity contribution in [2.75, 3.05) is 0 Å². The molecular weight excluding hydrogens is 269 g/mol. The summed E-state index contributed by atoms with van der Waals surface area (Å²) in [5.74, 6) is 1.56. The first-order valence-electron chi connectivity index (χ1n) is 7.06. The van der Waals surface area contributed by atoms with Gasteiger partial charge in [-0.05, 0) is 45.9 Å². The Kier molecular flexibility index (Phi) is 4.68. The Morgan fingerprint density at radius 1 is 1.24 bits per heavy atom. The molecule has 0 amide bonds. The van der Waals surface area contributed by atoms with Crippen LogP contribution in [0, 0.1) is 12.7 Å². The Morgan fingerprint density at radius 3 is 2.62 bits per heavy atom. The van der Waals surface area contributed by atoms with Crippen molar-refractivity contribution in [2.24, 2.45) is 0 Å². The molecule has 0 unspecified atom stereocenters. The van der Waals surface area contributed by atoms with E-state index in [4.69, 9.17) is 9.15 Å². The highest BCUT2D eigenvalue weighted by atomic mass is 19.1. The zero-order valence-electron chi connectivity index (χ0n) is 13.0. The average molecular weight is 291 g/mol. The molecule has 4 heteroatoms. The van der Waals surface area contributed by atoms with E-state index in [1.54, 1.807) is 18.2 Å². The molecular formula is C17H22FNO2. The van der Waals surface area contributed by atoms with Crippen LogP contribution in [-0.4, -0.2) is 5.54 Å². The minimum atomic E-state index is -0.353. The highest BCUT2D eigenvalue weighted by Crippen LogP contribution is 2.20. The minimum Gasteiger partial charge on any atom is -0.486 e. The van der Waals surface area contributed by atoms with Crippen LogP contribution in [0.15, 0.2) is 34.7 Å². The summed E-state index contributed by atoms with van der Waals surface area (Å²) in [5, 5.41) is 3.37. The molecule has 0 aliphatic heterocycles. The summed E-state index contributed by atoms with van der Waals surface area (Å²) in [7, 11) is 0. The van der Waals surface area contributed by atoms with E-state index in [2.05, 4.69) is 26.1 Å². The molecule has 0 radical (unpaired) electrons. The first-order chi connectivity index (χ1) is 9.85. The summed E-state index contributed by atoms with van der Waals surface area (Å²) >= 11 is 0. The number of benzene rings is 1. The summed E-state index contributed by atoms with van der Waals surface area (Å²) < 4.78 is 24.7. The first-order valence-corrected chi connectivity index (χ1v) is 7.06. The van der Waals surface area contributed by atoms with Gasteiger partial charge < -0.3 is 14.5 Å². The Morgan fingerprint density at radius 2 is 1.95 bits per heavy atom. The number of hydrogen-bond donors (Lipinski definition) is 1. The SMILES string of the molecule is Cc1oc(CNC(C)(C)C)cc1COc1ccccc1F. The number of aryl methyl sites for hydroxylation is 1. The first kappa shape index (κ1) is 15.6. The zero-order valence-corrected chi connectivity index (χ0v) is 13.0. The van der Waals surface area contributed by atoms with Crippen molar-refractivity contribution < 1.29 is 13.5 Å². The second-order valence-corrected chi connectivity index (χ2v) is 6.12. The van der Waals surface area contributed by atoms with Gasteiger partial charge in [0.2, 0.25) is 0 Å². The second kappa shape index (κ2) is 6.31. The van der Waals surface area contributed by atoms with Crippen molar-refractivity contribution >= 4 is 0 Å². The van der Waals surface area contributed by atoms with Gasteiger partial charge in [-0.3, -0.25) is 0 Å². The number of furan rings is 1. The summed E-state index contributed by atoms with van der Waals surface area (Å²) in [6.07, 6.45) is 0. The van der Waals surface area contributed by atoms with E-state index in [0.29, 0.717) is 13.2 Å². The number of halogens is 1. The number of nitrogens with one attached hydrogen (secondary N) is 1. The van der Waals surface area contributed by atoms with E-state index in [9.17, 15) is 4.39 Å². The predicted octanol–water partition coefficient (Wildman–Crippen LogP) is 4.19. The van der Waals surface area contributed by atoms with Crippen molar-refractivity contribution in [1.82, 2.24) is 5.32 Å². The maximum atomic E-state index is 13.5. The standard InChI is InChI=1S/C17H22FNO2/c1-12-13(9-14(21-12)10-19-17(2,3)4)11-20-16-8-6-5-7-15(16)18/h5-9,19H,10-11H2,1-4H3. The smallest absolute Gasteiger partial charge is 0.165 e. The molecule has 1 aromatic carbocycles. The summed E-state index contributed by atoms with van der Waals surface area (Å²) in [6, 6.07) is 8.35. The van der Waals surface area contributed by atoms with Gasteiger partial charge in [0, 0.05) is 11.1 Å². The summed E-state index contributed by atoms with van der Waals surface area (Å²) in [6.45, 7) is 9.15. The van der Waals surface area contributed by atoms with E-state index in [-0.39, 0.29) is 17.1 Å². The molecule has 21 heavy (non-hydrogen) atoms. The molecule has 0 aliphatic rings. The van der Waals surface area contributed by atoms with Crippen LogP contribution in [0.1, 0.15) is 37.9 Å². The number of ether oxygens (including phenoxy) is 1. The lowest BCUT2D eigenvalue weighted by Crippen LogP contribution is -2.34. The fraction of sp³-hybridized carbons (Fsp3) is 0.412. The maximum absolute atomic E-state index is 13.5. The van der Waals surface area contributed by atoms with Gasteiger partial charge in [-0.1, -0.05) is 12.1 Å². The molecule has 114 valence electrons. The van der Waals surface area contributed by atoms with Crippen molar-refractivity contribution in [1.29, 1.82) is 0 Å². The van der Waals surface area contributed by atoms with Crippen molar-refractivity contribution in [3.05, 3.63) is 53.2 Å². The van der Waals surface area contributed by atoms with Crippen LogP contribution >= 0.6 is 0 Å². The molecule has 2 rings (SSSR count). The van der Waals surface area contributed by atoms with Crippen molar-refractivity contribution in [3.8, 4) is 5.75 Å². The predicted molar refractivity (Wildman–Crippen MR) is 80.8 cm³/mol. The number of hydrogen-bond acceptors (Lipinski definition) is 3. The molecule has 0 atom stereocenters. The third-order valence-electron chi connectivity index (χ3n) is 3.08. The van der Waals surface area contributed by atoms with Crippen LogP contribution in [0.3, 0.4) is 0 Å². The Hall–Kier alpha value is -1.81. The zero-order chi connectivity index (χ0) is 15.5. The molecule has 1 aromatic heterocycles. The fourth-order valence-corrected chi connectivity index (χ4v) is 1.89. The average Bonchev–Trinajstić information content (AvgIpc) is 2.75. The maximum Gasteiger partial charge on any atom is 0.165 e.